The Hall–Kier alpha value is -0.910. The molecule has 0 spiro atoms. The maximum atomic E-state index is 13.7. The Morgan fingerprint density at radius 3 is 2.82 bits per heavy atom. The van der Waals surface area contributed by atoms with Crippen LogP contribution < -0.4 is 5.73 Å². The molecule has 0 aliphatic rings. The van der Waals surface area contributed by atoms with E-state index in [1.165, 1.54) is 12.3 Å². The summed E-state index contributed by atoms with van der Waals surface area (Å²) >= 11 is 9.27. The van der Waals surface area contributed by atoms with Crippen molar-refractivity contribution in [3.8, 4) is 0 Å². The summed E-state index contributed by atoms with van der Waals surface area (Å²) in [5.41, 5.74) is 6.99. The molecule has 2 aromatic rings. The van der Waals surface area contributed by atoms with Gasteiger partial charge in [0.25, 0.3) is 0 Å². The van der Waals surface area contributed by atoms with Crippen molar-refractivity contribution in [1.82, 2.24) is 9.78 Å². The van der Waals surface area contributed by atoms with Crippen LogP contribution in [0.1, 0.15) is 17.3 Å². The first-order valence-corrected chi connectivity index (χ1v) is 6.05. The smallest absolute Gasteiger partial charge is 0.128 e. The minimum atomic E-state index is -0.646. The average molecular weight is 319 g/mol. The van der Waals surface area contributed by atoms with Gasteiger partial charge in [-0.1, -0.05) is 27.5 Å². The monoisotopic (exact) mass is 317 g/mol. The second-order valence-electron chi connectivity index (χ2n) is 3.64. The highest BCUT2D eigenvalue weighted by molar-refractivity contribution is 9.10. The fourth-order valence-electron chi connectivity index (χ4n) is 1.67. The molecular formula is C11H10BrClFN3. The van der Waals surface area contributed by atoms with E-state index in [-0.39, 0.29) is 5.82 Å². The van der Waals surface area contributed by atoms with Gasteiger partial charge < -0.3 is 5.73 Å². The molecule has 90 valence electrons. The van der Waals surface area contributed by atoms with Gasteiger partial charge in [0, 0.05) is 17.1 Å². The lowest BCUT2D eigenvalue weighted by atomic mass is 10.0. The summed E-state index contributed by atoms with van der Waals surface area (Å²) in [7, 11) is 1.72. The van der Waals surface area contributed by atoms with Gasteiger partial charge in [-0.3, -0.25) is 4.68 Å². The molecule has 3 nitrogen and oxygen atoms in total. The van der Waals surface area contributed by atoms with Crippen LogP contribution in [-0.2, 0) is 7.05 Å². The van der Waals surface area contributed by atoms with E-state index < -0.39 is 6.04 Å². The van der Waals surface area contributed by atoms with Crippen LogP contribution in [0.15, 0.2) is 28.9 Å². The summed E-state index contributed by atoms with van der Waals surface area (Å²) in [5.74, 6) is -0.363. The van der Waals surface area contributed by atoms with Gasteiger partial charge in [0.15, 0.2) is 0 Å². The number of nitrogens with zero attached hydrogens (tertiary/aromatic N) is 2. The molecule has 0 aliphatic heterocycles. The second-order valence-corrected chi connectivity index (χ2v) is 4.97. The predicted molar refractivity (Wildman–Crippen MR) is 68.3 cm³/mol. The summed E-state index contributed by atoms with van der Waals surface area (Å²) in [6.45, 7) is 0. The minimum absolute atomic E-state index is 0.363. The molecule has 1 heterocycles. The van der Waals surface area contributed by atoms with Gasteiger partial charge in [0.1, 0.15) is 5.82 Å². The zero-order valence-corrected chi connectivity index (χ0v) is 11.3. The van der Waals surface area contributed by atoms with E-state index in [2.05, 4.69) is 21.0 Å². The summed E-state index contributed by atoms with van der Waals surface area (Å²) in [5, 5.41) is 4.42. The summed E-state index contributed by atoms with van der Waals surface area (Å²) in [6.07, 6.45) is 1.49. The van der Waals surface area contributed by atoms with E-state index in [1.807, 2.05) is 0 Å². The molecule has 0 bridgehead atoms. The van der Waals surface area contributed by atoms with Crippen molar-refractivity contribution in [1.29, 1.82) is 0 Å². The van der Waals surface area contributed by atoms with Gasteiger partial charge in [-0.25, -0.2) is 4.39 Å². The highest BCUT2D eigenvalue weighted by atomic mass is 79.9. The molecule has 0 saturated heterocycles. The van der Waals surface area contributed by atoms with Crippen molar-refractivity contribution in [2.24, 2.45) is 12.8 Å². The minimum Gasteiger partial charge on any atom is -0.319 e. The van der Waals surface area contributed by atoms with Crippen LogP contribution >= 0.6 is 27.5 Å². The maximum Gasteiger partial charge on any atom is 0.128 e. The largest absolute Gasteiger partial charge is 0.319 e. The standard InChI is InChI=1S/C11H10BrClFN3/c1-17-11(8(13)5-16-17)10(15)7-4-6(12)2-3-9(7)14/h2-5,10H,15H2,1H3. The average Bonchev–Trinajstić information content (AvgIpc) is 2.61. The zero-order valence-electron chi connectivity index (χ0n) is 8.99. The fraction of sp³-hybridized carbons (Fsp3) is 0.182. The van der Waals surface area contributed by atoms with Gasteiger partial charge in [-0.15, -0.1) is 0 Å². The quantitative estimate of drug-likeness (QED) is 0.925. The topological polar surface area (TPSA) is 43.8 Å². The van der Waals surface area contributed by atoms with Gasteiger partial charge in [-0.05, 0) is 18.2 Å². The normalized spacial score (nSPS) is 12.8. The van der Waals surface area contributed by atoms with Crippen molar-refractivity contribution in [2.45, 2.75) is 6.04 Å². The number of rotatable bonds is 2. The van der Waals surface area contributed by atoms with Crippen molar-refractivity contribution in [2.75, 3.05) is 0 Å². The van der Waals surface area contributed by atoms with E-state index in [0.29, 0.717) is 16.3 Å². The number of nitrogens with two attached hydrogens (primary N) is 1. The lowest BCUT2D eigenvalue weighted by Crippen LogP contribution is -2.17. The van der Waals surface area contributed by atoms with Crippen LogP contribution in [0.3, 0.4) is 0 Å². The molecule has 1 aromatic carbocycles. The Labute approximate surface area is 112 Å². The van der Waals surface area contributed by atoms with Crippen LogP contribution in [0.2, 0.25) is 5.02 Å². The molecule has 0 amide bonds. The van der Waals surface area contributed by atoms with E-state index >= 15 is 0 Å². The molecule has 0 aliphatic carbocycles. The molecule has 0 saturated carbocycles. The zero-order chi connectivity index (χ0) is 12.6. The maximum absolute atomic E-state index is 13.7. The molecule has 2 N–H and O–H groups in total. The second kappa shape index (κ2) is 4.76. The first-order valence-electron chi connectivity index (χ1n) is 4.88. The Kier molecular flexibility index (Phi) is 3.51. The van der Waals surface area contributed by atoms with Crippen LogP contribution in [0.5, 0.6) is 0 Å². The molecule has 1 unspecified atom stereocenters. The number of aromatic nitrogens is 2. The Bertz CT molecular complexity index is 536. The SMILES string of the molecule is Cn1ncc(Cl)c1C(N)c1cc(Br)ccc1F. The van der Waals surface area contributed by atoms with Crippen LogP contribution in [0.25, 0.3) is 0 Å². The highest BCUT2D eigenvalue weighted by Crippen LogP contribution is 2.29. The van der Waals surface area contributed by atoms with E-state index in [1.54, 1.807) is 23.9 Å². The lowest BCUT2D eigenvalue weighted by Gasteiger charge is -2.14. The number of hydrogen-bond acceptors (Lipinski definition) is 2. The molecule has 1 atom stereocenters. The molecular weight excluding hydrogens is 308 g/mol. The first-order chi connectivity index (χ1) is 8.00. The summed E-state index contributed by atoms with van der Waals surface area (Å²) < 4.78 is 16.0. The van der Waals surface area contributed by atoms with E-state index in [4.69, 9.17) is 17.3 Å². The molecule has 17 heavy (non-hydrogen) atoms. The van der Waals surface area contributed by atoms with Crippen molar-refractivity contribution < 1.29 is 4.39 Å². The number of halogens is 3. The van der Waals surface area contributed by atoms with Crippen LogP contribution in [0, 0.1) is 5.82 Å². The van der Waals surface area contributed by atoms with Gasteiger partial charge in [0.2, 0.25) is 0 Å². The van der Waals surface area contributed by atoms with Crippen LogP contribution in [-0.4, -0.2) is 9.78 Å². The van der Waals surface area contributed by atoms with E-state index in [0.717, 1.165) is 4.47 Å². The summed E-state index contributed by atoms with van der Waals surface area (Å²) in [6, 6.07) is 3.98. The Balaban J connectivity index is 2.50. The van der Waals surface area contributed by atoms with E-state index in [9.17, 15) is 4.39 Å². The fourth-order valence-corrected chi connectivity index (χ4v) is 2.33. The molecule has 0 radical (unpaired) electrons. The van der Waals surface area contributed by atoms with Crippen molar-refractivity contribution in [3.05, 3.63) is 51.0 Å². The molecule has 0 fully saturated rings. The third kappa shape index (κ3) is 2.36. The summed E-state index contributed by atoms with van der Waals surface area (Å²) in [4.78, 5) is 0. The first kappa shape index (κ1) is 12.5. The third-order valence-electron chi connectivity index (χ3n) is 2.53. The van der Waals surface area contributed by atoms with Gasteiger partial charge in [0.05, 0.1) is 23.0 Å². The third-order valence-corrected chi connectivity index (χ3v) is 3.31. The molecule has 1 aromatic heterocycles. The van der Waals surface area contributed by atoms with Gasteiger partial charge in [-0.2, -0.15) is 5.10 Å². The molecule has 6 heteroatoms. The Morgan fingerprint density at radius 2 is 2.24 bits per heavy atom. The van der Waals surface area contributed by atoms with Crippen molar-refractivity contribution >= 4 is 27.5 Å². The number of aryl methyl sites for hydroxylation is 1. The number of hydrogen-bond donors (Lipinski definition) is 1. The molecule has 2 rings (SSSR count). The van der Waals surface area contributed by atoms with Crippen LogP contribution in [0.4, 0.5) is 4.39 Å². The van der Waals surface area contributed by atoms with Gasteiger partial charge >= 0.3 is 0 Å². The number of benzene rings is 1. The highest BCUT2D eigenvalue weighted by Gasteiger charge is 2.20. The Morgan fingerprint density at radius 1 is 1.53 bits per heavy atom. The lowest BCUT2D eigenvalue weighted by molar-refractivity contribution is 0.586. The predicted octanol–water partition coefficient (Wildman–Crippen LogP) is 3.02. The van der Waals surface area contributed by atoms with Crippen molar-refractivity contribution in [3.63, 3.8) is 0 Å².